The number of ether oxygens (including phenoxy) is 1. The van der Waals surface area contributed by atoms with Gasteiger partial charge < -0.3 is 18.6 Å². The van der Waals surface area contributed by atoms with Gasteiger partial charge in [-0.2, -0.15) is 0 Å². The fourth-order valence-electron chi connectivity index (χ4n) is 3.60. The van der Waals surface area contributed by atoms with Crippen LogP contribution in [0, 0.1) is 19.7 Å². The Bertz CT molecular complexity index is 1220. The number of hydrogen-bond donors (Lipinski definition) is 0. The minimum Gasteiger partial charge on any atom is -0.473 e. The molecule has 0 unspecified atom stereocenters. The zero-order valence-electron chi connectivity index (χ0n) is 17.1. The lowest BCUT2D eigenvalue weighted by atomic mass is 10.1. The molecule has 1 aliphatic heterocycles. The van der Waals surface area contributed by atoms with Crippen molar-refractivity contribution in [1.29, 1.82) is 0 Å². The molecule has 1 aromatic carbocycles. The van der Waals surface area contributed by atoms with Gasteiger partial charge in [0.2, 0.25) is 11.8 Å². The minimum atomic E-state index is -0.298. The molecule has 0 bridgehead atoms. The van der Waals surface area contributed by atoms with E-state index in [1.165, 1.54) is 12.1 Å². The topological polar surface area (TPSA) is 90.3 Å². The highest BCUT2D eigenvalue weighted by Gasteiger charge is 2.22. The van der Waals surface area contributed by atoms with E-state index in [0.717, 1.165) is 35.3 Å². The van der Waals surface area contributed by atoms with Crippen LogP contribution >= 0.6 is 0 Å². The van der Waals surface area contributed by atoms with E-state index in [4.69, 9.17) is 13.7 Å². The van der Waals surface area contributed by atoms with Gasteiger partial charge >= 0.3 is 6.01 Å². The first-order valence-corrected chi connectivity index (χ1v) is 9.94. The van der Waals surface area contributed by atoms with Crippen molar-refractivity contribution in [3.05, 3.63) is 70.7 Å². The molecule has 4 heterocycles. The van der Waals surface area contributed by atoms with Crippen LogP contribution in [0.2, 0.25) is 0 Å². The lowest BCUT2D eigenvalue weighted by Gasteiger charge is -2.26. The highest BCUT2D eigenvalue weighted by molar-refractivity contribution is 5.63. The van der Waals surface area contributed by atoms with Gasteiger partial charge in [0.15, 0.2) is 0 Å². The molecule has 0 saturated heterocycles. The normalized spacial score (nSPS) is 13.3. The summed E-state index contributed by atoms with van der Waals surface area (Å²) in [7, 11) is 0. The minimum absolute atomic E-state index is 0.251. The third-order valence-corrected chi connectivity index (χ3v) is 5.28. The second-order valence-corrected chi connectivity index (χ2v) is 7.39. The van der Waals surface area contributed by atoms with Gasteiger partial charge in [-0.05, 0) is 36.8 Å². The molecule has 0 N–H and O–H groups in total. The van der Waals surface area contributed by atoms with Crippen LogP contribution in [-0.2, 0) is 19.6 Å². The van der Waals surface area contributed by atoms with E-state index >= 15 is 0 Å². The molecule has 0 atom stereocenters. The molecular weight excluding hydrogens is 401 g/mol. The molecule has 8 nitrogen and oxygen atoms in total. The molecule has 3 aromatic heterocycles. The maximum Gasteiger partial charge on any atom is 0.318 e. The third kappa shape index (κ3) is 3.86. The Morgan fingerprint density at radius 3 is 2.71 bits per heavy atom. The van der Waals surface area contributed by atoms with E-state index in [2.05, 4.69) is 20.3 Å². The van der Waals surface area contributed by atoms with Crippen LogP contribution in [0.3, 0.4) is 0 Å². The summed E-state index contributed by atoms with van der Waals surface area (Å²) in [5.41, 5.74) is 4.31. The molecular formula is C22H20FN5O3. The van der Waals surface area contributed by atoms with Gasteiger partial charge in [-0.25, -0.2) is 9.37 Å². The van der Waals surface area contributed by atoms with Crippen LogP contribution in [0.4, 0.5) is 10.4 Å². The SMILES string of the molecule is Cc1nnc(N2CCc3nc(OCc4c(-c5ccc(F)cc5)noc4C)ccc3C2)o1. The van der Waals surface area contributed by atoms with Crippen molar-refractivity contribution >= 4 is 6.01 Å². The summed E-state index contributed by atoms with van der Waals surface area (Å²) in [6.07, 6.45) is 0.751. The average molecular weight is 421 g/mol. The van der Waals surface area contributed by atoms with Crippen molar-refractivity contribution in [3.8, 4) is 17.1 Å². The van der Waals surface area contributed by atoms with Crippen LogP contribution in [0.15, 0.2) is 45.3 Å². The molecule has 0 radical (unpaired) electrons. The van der Waals surface area contributed by atoms with Crippen LogP contribution in [0.5, 0.6) is 5.88 Å². The summed E-state index contributed by atoms with van der Waals surface area (Å²) in [6.45, 7) is 5.25. The Kier molecular flexibility index (Phi) is 4.85. The number of benzene rings is 1. The number of rotatable bonds is 5. The van der Waals surface area contributed by atoms with Crippen LogP contribution in [-0.4, -0.2) is 26.9 Å². The third-order valence-electron chi connectivity index (χ3n) is 5.28. The predicted octanol–water partition coefficient (Wildman–Crippen LogP) is 4.02. The molecule has 0 saturated carbocycles. The molecule has 9 heteroatoms. The summed E-state index contributed by atoms with van der Waals surface area (Å²) < 4.78 is 30.1. The number of fused-ring (bicyclic) bond motifs is 1. The quantitative estimate of drug-likeness (QED) is 0.477. The first-order chi connectivity index (χ1) is 15.1. The zero-order chi connectivity index (χ0) is 21.4. The van der Waals surface area contributed by atoms with Gasteiger partial charge in [0.1, 0.15) is 23.9 Å². The molecule has 0 fully saturated rings. The summed E-state index contributed by atoms with van der Waals surface area (Å²) in [4.78, 5) is 6.72. The molecule has 0 aliphatic carbocycles. The number of halogens is 1. The number of aromatic nitrogens is 4. The van der Waals surface area contributed by atoms with E-state index in [1.54, 1.807) is 19.1 Å². The lowest BCUT2D eigenvalue weighted by molar-refractivity contribution is 0.289. The maximum atomic E-state index is 13.2. The number of pyridine rings is 1. The summed E-state index contributed by atoms with van der Waals surface area (Å²) >= 11 is 0. The van der Waals surface area contributed by atoms with Gasteiger partial charge in [0.25, 0.3) is 0 Å². The Labute approximate surface area is 177 Å². The molecule has 4 aromatic rings. The number of aryl methyl sites for hydroxylation is 2. The molecule has 158 valence electrons. The van der Waals surface area contributed by atoms with Crippen molar-refractivity contribution in [3.63, 3.8) is 0 Å². The molecule has 0 spiro atoms. The number of nitrogens with zero attached hydrogens (tertiary/aromatic N) is 5. The van der Waals surface area contributed by atoms with Gasteiger partial charge in [-0.15, -0.1) is 5.10 Å². The summed E-state index contributed by atoms with van der Waals surface area (Å²) in [6, 6.07) is 10.5. The zero-order valence-corrected chi connectivity index (χ0v) is 17.1. The van der Waals surface area contributed by atoms with Crippen molar-refractivity contribution in [2.45, 2.75) is 33.4 Å². The fourth-order valence-corrected chi connectivity index (χ4v) is 3.60. The second kappa shape index (κ2) is 7.82. The maximum absolute atomic E-state index is 13.2. The van der Waals surface area contributed by atoms with Crippen LogP contribution in [0.1, 0.15) is 28.5 Å². The molecule has 0 amide bonds. The Balaban J connectivity index is 1.30. The van der Waals surface area contributed by atoms with Crippen LogP contribution < -0.4 is 9.64 Å². The Morgan fingerprint density at radius 1 is 1.10 bits per heavy atom. The van der Waals surface area contributed by atoms with Gasteiger partial charge in [0.05, 0.1) is 11.3 Å². The molecule has 5 rings (SSSR count). The summed E-state index contributed by atoms with van der Waals surface area (Å²) in [5, 5.41) is 12.1. The first-order valence-electron chi connectivity index (χ1n) is 9.94. The van der Waals surface area contributed by atoms with Gasteiger partial charge in [0, 0.05) is 38.1 Å². The fraction of sp³-hybridized carbons (Fsp3) is 0.273. The van der Waals surface area contributed by atoms with E-state index in [0.29, 0.717) is 35.8 Å². The van der Waals surface area contributed by atoms with Crippen molar-refractivity contribution in [2.75, 3.05) is 11.4 Å². The highest BCUT2D eigenvalue weighted by atomic mass is 19.1. The van der Waals surface area contributed by atoms with Gasteiger partial charge in [-0.1, -0.05) is 16.3 Å². The Hall–Kier alpha value is -3.75. The van der Waals surface area contributed by atoms with Crippen molar-refractivity contribution < 1.29 is 18.1 Å². The predicted molar refractivity (Wildman–Crippen MR) is 109 cm³/mol. The monoisotopic (exact) mass is 421 g/mol. The second-order valence-electron chi connectivity index (χ2n) is 7.39. The van der Waals surface area contributed by atoms with Crippen molar-refractivity contribution in [1.82, 2.24) is 20.3 Å². The van der Waals surface area contributed by atoms with E-state index in [1.807, 2.05) is 24.0 Å². The van der Waals surface area contributed by atoms with Crippen LogP contribution in [0.25, 0.3) is 11.3 Å². The van der Waals surface area contributed by atoms with Crippen molar-refractivity contribution in [2.24, 2.45) is 0 Å². The average Bonchev–Trinajstić information content (AvgIpc) is 3.38. The van der Waals surface area contributed by atoms with E-state index in [9.17, 15) is 4.39 Å². The highest BCUT2D eigenvalue weighted by Crippen LogP contribution is 2.28. The smallest absolute Gasteiger partial charge is 0.318 e. The molecule has 31 heavy (non-hydrogen) atoms. The Morgan fingerprint density at radius 2 is 1.94 bits per heavy atom. The standard InChI is InChI=1S/C22H20FN5O3/c1-13-18(21(27-31-13)15-3-6-17(23)7-4-15)12-29-20-8-5-16-11-28(10-9-19(16)24-20)22-26-25-14(2)30-22/h3-8H,9-12H2,1-2H3. The largest absolute Gasteiger partial charge is 0.473 e. The van der Waals surface area contributed by atoms with Gasteiger partial charge in [-0.3, -0.25) is 0 Å². The van der Waals surface area contributed by atoms with E-state index < -0.39 is 0 Å². The lowest BCUT2D eigenvalue weighted by Crippen LogP contribution is -2.31. The number of anilines is 1. The number of hydrogen-bond acceptors (Lipinski definition) is 8. The summed E-state index contributed by atoms with van der Waals surface area (Å²) in [5.74, 6) is 1.44. The molecule has 1 aliphatic rings. The first kappa shape index (κ1) is 19.2. The van der Waals surface area contributed by atoms with E-state index in [-0.39, 0.29) is 12.4 Å².